The maximum atomic E-state index is 12.7. The van der Waals surface area contributed by atoms with Crippen LogP contribution in [0.15, 0.2) is 6.20 Å². The quantitative estimate of drug-likeness (QED) is 0.884. The lowest BCUT2D eigenvalue weighted by Gasteiger charge is -2.28. The second kappa shape index (κ2) is 7.45. The van der Waals surface area contributed by atoms with E-state index in [9.17, 15) is 4.79 Å². The van der Waals surface area contributed by atoms with Crippen molar-refractivity contribution in [1.82, 2.24) is 20.0 Å². The molecular weight excluding hydrogens is 292 g/mol. The molecule has 0 saturated carbocycles. The molecular formula is C17H28N4O2. The van der Waals surface area contributed by atoms with E-state index in [2.05, 4.69) is 24.3 Å². The van der Waals surface area contributed by atoms with Crippen molar-refractivity contribution in [3.05, 3.63) is 17.5 Å². The van der Waals surface area contributed by atoms with Crippen molar-refractivity contribution in [1.29, 1.82) is 0 Å². The highest BCUT2D eigenvalue weighted by Crippen LogP contribution is 2.24. The molecule has 6 nitrogen and oxygen atoms in total. The summed E-state index contributed by atoms with van der Waals surface area (Å²) in [6, 6.07) is 0. The maximum Gasteiger partial charge on any atom is 0.257 e. The third-order valence-corrected chi connectivity index (χ3v) is 4.69. The zero-order valence-corrected chi connectivity index (χ0v) is 14.3. The van der Waals surface area contributed by atoms with Crippen LogP contribution >= 0.6 is 0 Å². The number of amides is 1. The number of rotatable bonds is 5. The van der Waals surface area contributed by atoms with Crippen LogP contribution < -0.4 is 5.32 Å². The van der Waals surface area contributed by atoms with Gasteiger partial charge in [0.2, 0.25) is 0 Å². The van der Waals surface area contributed by atoms with Crippen LogP contribution in [0.2, 0.25) is 0 Å². The molecule has 1 atom stereocenters. The predicted octanol–water partition coefficient (Wildman–Crippen LogP) is 1.16. The van der Waals surface area contributed by atoms with E-state index < -0.39 is 0 Å². The lowest BCUT2D eigenvalue weighted by molar-refractivity contribution is 0.0301. The van der Waals surface area contributed by atoms with Gasteiger partial charge in [-0.1, -0.05) is 13.8 Å². The van der Waals surface area contributed by atoms with Crippen LogP contribution in [0.3, 0.4) is 0 Å². The van der Waals surface area contributed by atoms with Crippen molar-refractivity contribution in [2.24, 2.45) is 11.8 Å². The molecule has 0 radical (unpaired) electrons. The topological polar surface area (TPSA) is 59.4 Å². The van der Waals surface area contributed by atoms with Crippen LogP contribution in [0.1, 0.15) is 36.3 Å². The van der Waals surface area contributed by atoms with Gasteiger partial charge in [-0.2, -0.15) is 5.10 Å². The molecule has 0 aromatic carbocycles. The second-order valence-corrected chi connectivity index (χ2v) is 7.04. The molecule has 0 bridgehead atoms. The van der Waals surface area contributed by atoms with Crippen LogP contribution in [-0.2, 0) is 17.7 Å². The van der Waals surface area contributed by atoms with Gasteiger partial charge in [0.15, 0.2) is 0 Å². The predicted molar refractivity (Wildman–Crippen MR) is 88.5 cm³/mol. The van der Waals surface area contributed by atoms with Gasteiger partial charge >= 0.3 is 0 Å². The van der Waals surface area contributed by atoms with Crippen LogP contribution in [0.25, 0.3) is 0 Å². The van der Waals surface area contributed by atoms with Gasteiger partial charge in [0.25, 0.3) is 5.91 Å². The number of hydrogen-bond acceptors (Lipinski definition) is 4. The van der Waals surface area contributed by atoms with Crippen LogP contribution in [0.4, 0.5) is 0 Å². The van der Waals surface area contributed by atoms with Gasteiger partial charge in [0.05, 0.1) is 30.7 Å². The van der Waals surface area contributed by atoms with Gasteiger partial charge in [-0.25, -0.2) is 0 Å². The van der Waals surface area contributed by atoms with E-state index in [0.717, 1.165) is 43.7 Å². The zero-order valence-electron chi connectivity index (χ0n) is 14.3. The van der Waals surface area contributed by atoms with Crippen molar-refractivity contribution >= 4 is 5.91 Å². The molecule has 0 aliphatic carbocycles. The Bertz CT molecular complexity index is 535. The van der Waals surface area contributed by atoms with E-state index in [-0.39, 0.29) is 5.91 Å². The Balaban J connectivity index is 1.64. The molecule has 1 aromatic heterocycles. The summed E-state index contributed by atoms with van der Waals surface area (Å²) in [7, 11) is 0. The molecule has 3 rings (SSSR count). The largest absolute Gasteiger partial charge is 0.378 e. The van der Waals surface area contributed by atoms with E-state index in [1.807, 2.05) is 9.58 Å². The summed E-state index contributed by atoms with van der Waals surface area (Å²) in [5.41, 5.74) is 1.91. The molecule has 3 heterocycles. The third-order valence-electron chi connectivity index (χ3n) is 4.69. The van der Waals surface area contributed by atoms with E-state index in [1.165, 1.54) is 0 Å². The summed E-state index contributed by atoms with van der Waals surface area (Å²) in [5.74, 6) is 1.38. The van der Waals surface area contributed by atoms with Crippen LogP contribution in [0, 0.1) is 11.8 Å². The normalized spacial score (nSPS) is 21.5. The number of aromatic nitrogens is 2. The molecule has 0 unspecified atom stereocenters. The monoisotopic (exact) mass is 320 g/mol. The van der Waals surface area contributed by atoms with Gasteiger partial charge in [-0.3, -0.25) is 9.48 Å². The number of nitrogens with zero attached hydrogens (tertiary/aromatic N) is 3. The van der Waals surface area contributed by atoms with Gasteiger partial charge < -0.3 is 15.0 Å². The Kier molecular flexibility index (Phi) is 5.33. The molecule has 6 heteroatoms. The van der Waals surface area contributed by atoms with E-state index in [0.29, 0.717) is 38.1 Å². The number of ether oxygens (including phenoxy) is 1. The minimum Gasteiger partial charge on any atom is -0.378 e. The number of nitrogens with one attached hydrogen (secondary N) is 1. The Labute approximate surface area is 138 Å². The average molecular weight is 320 g/mol. The van der Waals surface area contributed by atoms with E-state index in [4.69, 9.17) is 4.74 Å². The average Bonchev–Trinajstić information content (AvgIpc) is 2.98. The summed E-state index contributed by atoms with van der Waals surface area (Å²) in [6.07, 6.45) is 3.83. The van der Waals surface area contributed by atoms with Crippen molar-refractivity contribution in [3.8, 4) is 0 Å². The SMILES string of the molecule is CC(C)CNC[C@H]1CCn2ncc(C(=O)N3CCOCC3)c2C1. The first-order valence-corrected chi connectivity index (χ1v) is 8.77. The lowest BCUT2D eigenvalue weighted by atomic mass is 9.94. The zero-order chi connectivity index (χ0) is 16.2. The second-order valence-electron chi connectivity index (χ2n) is 7.04. The highest BCUT2D eigenvalue weighted by molar-refractivity contribution is 5.95. The molecule has 2 aliphatic rings. The Morgan fingerprint density at radius 1 is 1.39 bits per heavy atom. The third kappa shape index (κ3) is 3.93. The van der Waals surface area contributed by atoms with Gasteiger partial charge in [0.1, 0.15) is 0 Å². The van der Waals surface area contributed by atoms with Gasteiger partial charge in [-0.15, -0.1) is 0 Å². The molecule has 1 N–H and O–H groups in total. The highest BCUT2D eigenvalue weighted by Gasteiger charge is 2.28. The van der Waals surface area contributed by atoms with Crippen molar-refractivity contribution in [2.75, 3.05) is 39.4 Å². The first-order chi connectivity index (χ1) is 11.1. The fraction of sp³-hybridized carbons (Fsp3) is 0.765. The van der Waals surface area contributed by atoms with Crippen molar-refractivity contribution < 1.29 is 9.53 Å². The fourth-order valence-electron chi connectivity index (χ4n) is 3.36. The van der Waals surface area contributed by atoms with Crippen molar-refractivity contribution in [3.63, 3.8) is 0 Å². The summed E-state index contributed by atoms with van der Waals surface area (Å²) >= 11 is 0. The molecule has 1 aromatic rings. The number of hydrogen-bond donors (Lipinski definition) is 1. The molecule has 1 saturated heterocycles. The first-order valence-electron chi connectivity index (χ1n) is 8.77. The maximum absolute atomic E-state index is 12.7. The lowest BCUT2D eigenvalue weighted by Crippen LogP contribution is -2.41. The minimum absolute atomic E-state index is 0.116. The van der Waals surface area contributed by atoms with E-state index in [1.54, 1.807) is 6.20 Å². The molecule has 0 spiro atoms. The van der Waals surface area contributed by atoms with E-state index >= 15 is 0 Å². The first kappa shape index (κ1) is 16.5. The number of carbonyl (C=O) groups excluding carboxylic acids is 1. The Hall–Kier alpha value is -1.40. The molecule has 2 aliphatic heterocycles. The van der Waals surface area contributed by atoms with Gasteiger partial charge in [0, 0.05) is 19.6 Å². The number of morpholine rings is 1. The highest BCUT2D eigenvalue weighted by atomic mass is 16.5. The smallest absolute Gasteiger partial charge is 0.257 e. The fourth-order valence-corrected chi connectivity index (χ4v) is 3.36. The Morgan fingerprint density at radius 3 is 2.91 bits per heavy atom. The minimum atomic E-state index is 0.116. The number of fused-ring (bicyclic) bond motifs is 1. The Morgan fingerprint density at radius 2 is 2.17 bits per heavy atom. The summed E-state index contributed by atoms with van der Waals surface area (Å²) in [6.45, 7) is 10.1. The van der Waals surface area contributed by atoms with Crippen LogP contribution in [-0.4, -0.2) is 60.0 Å². The summed E-state index contributed by atoms with van der Waals surface area (Å²) in [4.78, 5) is 14.6. The summed E-state index contributed by atoms with van der Waals surface area (Å²) in [5, 5.41) is 7.98. The standard InChI is InChI=1S/C17H28N4O2/c1-13(2)10-18-11-14-3-4-21-16(9-14)15(12-19-21)17(22)20-5-7-23-8-6-20/h12-14,18H,3-11H2,1-2H3/t14-/m0/s1. The molecule has 128 valence electrons. The molecule has 1 fully saturated rings. The number of carbonyl (C=O) groups is 1. The molecule has 1 amide bonds. The van der Waals surface area contributed by atoms with Gasteiger partial charge in [-0.05, 0) is 37.8 Å². The number of aryl methyl sites for hydroxylation is 1. The summed E-state index contributed by atoms with van der Waals surface area (Å²) < 4.78 is 7.36. The molecule has 23 heavy (non-hydrogen) atoms. The van der Waals surface area contributed by atoms with Crippen LogP contribution in [0.5, 0.6) is 0 Å². The van der Waals surface area contributed by atoms with Crippen molar-refractivity contribution in [2.45, 2.75) is 33.2 Å².